The zero-order valence-electron chi connectivity index (χ0n) is 16.1. The van der Waals surface area contributed by atoms with Gasteiger partial charge in [-0.2, -0.15) is 0 Å². The van der Waals surface area contributed by atoms with Gasteiger partial charge in [0.25, 0.3) is 0 Å². The molecule has 1 aromatic heterocycles. The van der Waals surface area contributed by atoms with E-state index in [-0.39, 0.29) is 24.0 Å². The van der Waals surface area contributed by atoms with Gasteiger partial charge in [-0.1, -0.05) is 36.4 Å². The molecule has 3 rings (SSSR count). The molecule has 2 aromatic carbocycles. The maximum Gasteiger partial charge on any atom is 0.191 e. The first-order chi connectivity index (χ1) is 13.2. The lowest BCUT2D eigenvalue weighted by Gasteiger charge is -2.11. The van der Waals surface area contributed by atoms with Crippen LogP contribution in [0.3, 0.4) is 0 Å². The van der Waals surface area contributed by atoms with Gasteiger partial charge in [-0.15, -0.1) is 24.0 Å². The zero-order valence-corrected chi connectivity index (χ0v) is 19.3. The number of para-hydroxylation sites is 1. The highest BCUT2D eigenvalue weighted by Gasteiger charge is 2.10. The highest BCUT2D eigenvalue weighted by Crippen LogP contribution is 2.25. The summed E-state index contributed by atoms with van der Waals surface area (Å²) < 4.78 is 18.2. The Kier molecular flexibility index (Phi) is 8.98. The van der Waals surface area contributed by atoms with Crippen LogP contribution in [0.4, 0.5) is 0 Å². The van der Waals surface area contributed by atoms with E-state index >= 15 is 0 Å². The zero-order chi connectivity index (χ0) is 19.1. The van der Waals surface area contributed by atoms with E-state index in [0.29, 0.717) is 24.8 Å². The van der Waals surface area contributed by atoms with Gasteiger partial charge in [0.15, 0.2) is 5.96 Å². The number of benzene rings is 2. The number of rotatable bonds is 7. The summed E-state index contributed by atoms with van der Waals surface area (Å²) >= 11 is 0. The van der Waals surface area contributed by atoms with Gasteiger partial charge in [0.1, 0.15) is 17.9 Å². The standard InChI is InChI=1S/C21H25N3O2S.HI/c1-3-22-21(23-13-14-27(25)17-9-5-4-6-10-17)24-15-20-16(2)18-11-7-8-12-19(18)26-20;/h4-12H,3,13-15H2,1-2H3,(H2,22,23,24);1H. The van der Waals surface area contributed by atoms with Crippen molar-refractivity contribution in [2.24, 2.45) is 4.99 Å². The first kappa shape index (κ1) is 22.4. The Morgan fingerprint density at radius 1 is 1.07 bits per heavy atom. The van der Waals surface area contributed by atoms with E-state index in [1.54, 1.807) is 0 Å². The maximum atomic E-state index is 12.3. The number of guanidine groups is 1. The number of halogens is 1. The molecular formula is C21H26IN3O2S. The Morgan fingerprint density at radius 3 is 2.50 bits per heavy atom. The molecule has 1 unspecified atom stereocenters. The third kappa shape index (κ3) is 5.81. The predicted octanol–water partition coefficient (Wildman–Crippen LogP) is 4.22. The number of fused-ring (bicyclic) bond motifs is 1. The molecule has 0 amide bonds. The lowest BCUT2D eigenvalue weighted by molar-refractivity contribution is 0.548. The minimum atomic E-state index is -1.02. The van der Waals surface area contributed by atoms with E-state index in [2.05, 4.69) is 28.6 Å². The summed E-state index contributed by atoms with van der Waals surface area (Å²) in [5, 5.41) is 7.59. The van der Waals surface area contributed by atoms with Crippen molar-refractivity contribution < 1.29 is 8.63 Å². The second kappa shape index (κ2) is 11.2. The fraction of sp³-hybridized carbons (Fsp3) is 0.286. The Labute approximate surface area is 185 Å². The van der Waals surface area contributed by atoms with Crippen molar-refractivity contribution in [2.75, 3.05) is 18.8 Å². The number of furan rings is 1. The molecule has 0 fully saturated rings. The molecule has 0 bridgehead atoms. The maximum absolute atomic E-state index is 12.3. The van der Waals surface area contributed by atoms with Crippen molar-refractivity contribution in [1.29, 1.82) is 0 Å². The molecule has 1 heterocycles. The minimum Gasteiger partial charge on any atom is -0.459 e. The molecule has 0 aliphatic carbocycles. The lowest BCUT2D eigenvalue weighted by atomic mass is 10.1. The van der Waals surface area contributed by atoms with Crippen LogP contribution in [0.5, 0.6) is 0 Å². The third-order valence-corrected chi connectivity index (χ3v) is 5.63. The van der Waals surface area contributed by atoms with Crippen LogP contribution in [-0.2, 0) is 17.3 Å². The third-order valence-electron chi connectivity index (χ3n) is 4.25. The van der Waals surface area contributed by atoms with Gasteiger partial charge < -0.3 is 15.1 Å². The second-order valence-corrected chi connectivity index (χ2v) is 7.70. The molecule has 150 valence electrons. The topological polar surface area (TPSA) is 66.6 Å². The van der Waals surface area contributed by atoms with Crippen LogP contribution >= 0.6 is 24.0 Å². The van der Waals surface area contributed by atoms with E-state index < -0.39 is 10.8 Å². The number of nitrogens with one attached hydrogen (secondary N) is 2. The largest absolute Gasteiger partial charge is 0.459 e. The molecule has 5 nitrogen and oxygen atoms in total. The fourth-order valence-electron chi connectivity index (χ4n) is 2.82. The van der Waals surface area contributed by atoms with Gasteiger partial charge in [0, 0.05) is 34.7 Å². The minimum absolute atomic E-state index is 0. The number of nitrogens with zero attached hydrogens (tertiary/aromatic N) is 1. The summed E-state index contributed by atoms with van der Waals surface area (Å²) in [7, 11) is -1.02. The van der Waals surface area contributed by atoms with Crippen LogP contribution in [0, 0.1) is 6.92 Å². The van der Waals surface area contributed by atoms with E-state index in [1.165, 1.54) is 0 Å². The van der Waals surface area contributed by atoms with Crippen molar-refractivity contribution in [1.82, 2.24) is 10.6 Å². The van der Waals surface area contributed by atoms with Gasteiger partial charge >= 0.3 is 0 Å². The van der Waals surface area contributed by atoms with Crippen LogP contribution in [0.25, 0.3) is 11.0 Å². The molecule has 1 atom stereocenters. The summed E-state index contributed by atoms with van der Waals surface area (Å²) in [6.45, 7) is 5.86. The molecule has 0 aliphatic heterocycles. The van der Waals surface area contributed by atoms with Crippen molar-refractivity contribution in [2.45, 2.75) is 25.3 Å². The monoisotopic (exact) mass is 511 g/mol. The van der Waals surface area contributed by atoms with Crippen LogP contribution in [0.1, 0.15) is 18.2 Å². The predicted molar refractivity (Wildman–Crippen MR) is 127 cm³/mol. The number of hydrogen-bond acceptors (Lipinski definition) is 3. The van der Waals surface area contributed by atoms with Crippen LogP contribution in [0.2, 0.25) is 0 Å². The smallest absolute Gasteiger partial charge is 0.191 e. The summed E-state index contributed by atoms with van der Waals surface area (Å²) in [6, 6.07) is 17.5. The van der Waals surface area contributed by atoms with E-state index in [1.807, 2.05) is 55.5 Å². The molecular weight excluding hydrogens is 485 g/mol. The number of aryl methyl sites for hydroxylation is 1. The summed E-state index contributed by atoms with van der Waals surface area (Å²) in [4.78, 5) is 5.46. The summed E-state index contributed by atoms with van der Waals surface area (Å²) in [6.07, 6.45) is 0. The Balaban J connectivity index is 0.00000280. The first-order valence-electron chi connectivity index (χ1n) is 9.11. The Hall–Kier alpha value is -1.87. The lowest BCUT2D eigenvalue weighted by Crippen LogP contribution is -2.39. The van der Waals surface area contributed by atoms with Crippen molar-refractivity contribution >= 4 is 51.7 Å². The normalized spacial score (nSPS) is 12.4. The van der Waals surface area contributed by atoms with Gasteiger partial charge in [-0.3, -0.25) is 4.21 Å². The van der Waals surface area contributed by atoms with Crippen LogP contribution in [0.15, 0.2) is 68.9 Å². The molecule has 2 N–H and O–H groups in total. The van der Waals surface area contributed by atoms with E-state index in [0.717, 1.165) is 33.7 Å². The second-order valence-electron chi connectivity index (χ2n) is 6.13. The molecule has 0 aliphatic rings. The summed E-state index contributed by atoms with van der Waals surface area (Å²) in [5.74, 6) is 2.08. The van der Waals surface area contributed by atoms with Crippen LogP contribution < -0.4 is 10.6 Å². The molecule has 0 saturated carbocycles. The van der Waals surface area contributed by atoms with Crippen LogP contribution in [-0.4, -0.2) is 29.0 Å². The fourth-order valence-corrected chi connectivity index (χ4v) is 3.80. The van der Waals surface area contributed by atoms with Gasteiger partial charge in [0.05, 0.1) is 10.8 Å². The highest BCUT2D eigenvalue weighted by molar-refractivity contribution is 14.0. The average Bonchev–Trinajstić information content (AvgIpc) is 3.02. The van der Waals surface area contributed by atoms with Gasteiger partial charge in [-0.25, -0.2) is 4.99 Å². The van der Waals surface area contributed by atoms with E-state index in [4.69, 9.17) is 4.42 Å². The Morgan fingerprint density at radius 2 is 1.79 bits per heavy atom. The Bertz CT molecular complexity index is 941. The van der Waals surface area contributed by atoms with E-state index in [9.17, 15) is 4.21 Å². The molecule has 0 radical (unpaired) electrons. The summed E-state index contributed by atoms with van der Waals surface area (Å²) in [5.41, 5.74) is 2.01. The van der Waals surface area contributed by atoms with Crippen molar-refractivity contribution in [3.63, 3.8) is 0 Å². The molecule has 0 saturated heterocycles. The number of aliphatic imine (C=N–C) groups is 1. The average molecular weight is 511 g/mol. The molecule has 7 heteroatoms. The first-order valence-corrected chi connectivity index (χ1v) is 10.4. The molecule has 28 heavy (non-hydrogen) atoms. The van der Waals surface area contributed by atoms with Crippen molar-refractivity contribution in [3.8, 4) is 0 Å². The number of hydrogen-bond donors (Lipinski definition) is 2. The highest BCUT2D eigenvalue weighted by atomic mass is 127. The quantitative estimate of drug-likeness (QED) is 0.283. The van der Waals surface area contributed by atoms with Gasteiger partial charge in [-0.05, 0) is 32.0 Å². The molecule has 3 aromatic rings. The van der Waals surface area contributed by atoms with Gasteiger partial charge in [0.2, 0.25) is 0 Å². The SMILES string of the molecule is CCNC(=NCc1oc2ccccc2c1C)NCCS(=O)c1ccccc1.I. The molecule has 0 spiro atoms. The van der Waals surface area contributed by atoms with Crippen molar-refractivity contribution in [3.05, 3.63) is 65.9 Å².